The molecule has 0 aliphatic rings. The summed E-state index contributed by atoms with van der Waals surface area (Å²) in [6, 6.07) is 15.6. The number of aryl methyl sites for hydroxylation is 1. The van der Waals surface area contributed by atoms with E-state index in [1.165, 1.54) is 0 Å². The SMILES string of the molecule is CCc1nc2ccccc2c(C(=O)OCC(=O)NC(=O)c2ccccc2)c1C. The molecular weight excluding hydrogens is 356 g/mol. The normalized spacial score (nSPS) is 10.5. The molecule has 0 aliphatic heterocycles. The molecule has 1 aromatic heterocycles. The molecule has 0 saturated heterocycles. The lowest BCUT2D eigenvalue weighted by molar-refractivity contribution is -0.123. The highest BCUT2D eigenvalue weighted by atomic mass is 16.5. The number of ether oxygens (including phenoxy) is 1. The molecule has 0 aliphatic carbocycles. The Kier molecular flexibility index (Phi) is 5.79. The standard InChI is InChI=1S/C22H20N2O4/c1-3-17-14(2)20(16-11-7-8-12-18(16)23-17)22(27)28-13-19(25)24-21(26)15-9-5-4-6-10-15/h4-12H,3,13H2,1-2H3,(H,24,25,26). The van der Waals surface area contributed by atoms with Crippen LogP contribution in [0.2, 0.25) is 0 Å². The summed E-state index contributed by atoms with van der Waals surface area (Å²) in [6.07, 6.45) is 0.670. The lowest BCUT2D eigenvalue weighted by Gasteiger charge is -2.13. The molecule has 3 aromatic rings. The van der Waals surface area contributed by atoms with Gasteiger partial charge in [0.25, 0.3) is 11.8 Å². The largest absolute Gasteiger partial charge is 0.452 e. The highest BCUT2D eigenvalue weighted by molar-refractivity contribution is 6.07. The maximum Gasteiger partial charge on any atom is 0.339 e. The van der Waals surface area contributed by atoms with E-state index >= 15 is 0 Å². The van der Waals surface area contributed by atoms with Crippen LogP contribution in [0.1, 0.15) is 38.9 Å². The molecule has 3 rings (SSSR count). The van der Waals surface area contributed by atoms with E-state index in [9.17, 15) is 14.4 Å². The summed E-state index contributed by atoms with van der Waals surface area (Å²) < 4.78 is 5.18. The minimum atomic E-state index is -0.686. The van der Waals surface area contributed by atoms with Crippen LogP contribution in [0.4, 0.5) is 0 Å². The van der Waals surface area contributed by atoms with Crippen molar-refractivity contribution >= 4 is 28.7 Å². The number of amides is 2. The molecule has 0 bridgehead atoms. The zero-order valence-electron chi connectivity index (χ0n) is 15.7. The Morgan fingerprint density at radius 1 is 1.00 bits per heavy atom. The molecule has 2 amide bonds. The maximum absolute atomic E-state index is 12.7. The maximum atomic E-state index is 12.7. The van der Waals surface area contributed by atoms with Gasteiger partial charge in [0.1, 0.15) is 0 Å². The van der Waals surface area contributed by atoms with Gasteiger partial charge in [0.05, 0.1) is 11.1 Å². The van der Waals surface area contributed by atoms with E-state index in [1.807, 2.05) is 32.0 Å². The third-order valence-electron chi connectivity index (χ3n) is 4.40. The summed E-state index contributed by atoms with van der Waals surface area (Å²) >= 11 is 0. The molecule has 2 aromatic carbocycles. The number of nitrogens with one attached hydrogen (secondary N) is 1. The Labute approximate surface area is 162 Å². The van der Waals surface area contributed by atoms with Crippen molar-refractivity contribution in [3.63, 3.8) is 0 Å². The number of hydrogen-bond donors (Lipinski definition) is 1. The minimum absolute atomic E-state index is 0.353. The molecule has 6 nitrogen and oxygen atoms in total. The first-order valence-electron chi connectivity index (χ1n) is 8.95. The van der Waals surface area contributed by atoms with Gasteiger partial charge in [-0.05, 0) is 37.1 Å². The van der Waals surface area contributed by atoms with Gasteiger partial charge >= 0.3 is 5.97 Å². The molecular formula is C22H20N2O4. The molecule has 0 radical (unpaired) electrons. The van der Waals surface area contributed by atoms with Crippen LogP contribution in [0.15, 0.2) is 54.6 Å². The number of aromatic nitrogens is 1. The second-order valence-electron chi connectivity index (χ2n) is 6.25. The lowest BCUT2D eigenvalue weighted by atomic mass is 10.0. The lowest BCUT2D eigenvalue weighted by Crippen LogP contribution is -2.34. The van der Waals surface area contributed by atoms with Crippen molar-refractivity contribution in [1.82, 2.24) is 10.3 Å². The zero-order valence-corrected chi connectivity index (χ0v) is 15.7. The Balaban J connectivity index is 1.74. The zero-order chi connectivity index (χ0) is 20.1. The van der Waals surface area contributed by atoms with Crippen LogP contribution in [0, 0.1) is 6.92 Å². The van der Waals surface area contributed by atoms with Crippen molar-refractivity contribution in [2.45, 2.75) is 20.3 Å². The van der Waals surface area contributed by atoms with Crippen molar-refractivity contribution in [2.24, 2.45) is 0 Å². The molecule has 0 atom stereocenters. The van der Waals surface area contributed by atoms with Crippen LogP contribution in [-0.4, -0.2) is 29.4 Å². The number of imide groups is 1. The Morgan fingerprint density at radius 2 is 1.68 bits per heavy atom. The first-order chi connectivity index (χ1) is 13.5. The summed E-state index contributed by atoms with van der Waals surface area (Å²) in [7, 11) is 0. The molecule has 142 valence electrons. The third-order valence-corrected chi connectivity index (χ3v) is 4.40. The van der Waals surface area contributed by atoms with Gasteiger partial charge < -0.3 is 4.74 Å². The van der Waals surface area contributed by atoms with E-state index in [2.05, 4.69) is 10.3 Å². The monoisotopic (exact) mass is 376 g/mol. The predicted octanol–water partition coefficient (Wildman–Crippen LogP) is 3.22. The molecule has 0 spiro atoms. The number of benzene rings is 2. The molecule has 1 N–H and O–H groups in total. The first kappa shape index (κ1) is 19.2. The smallest absolute Gasteiger partial charge is 0.339 e. The third kappa shape index (κ3) is 4.06. The quantitative estimate of drug-likeness (QED) is 0.691. The van der Waals surface area contributed by atoms with Gasteiger partial charge in [-0.25, -0.2) is 4.79 Å². The second kappa shape index (κ2) is 8.43. The fourth-order valence-corrected chi connectivity index (χ4v) is 2.99. The number of pyridine rings is 1. The van der Waals surface area contributed by atoms with E-state index in [4.69, 9.17) is 4.74 Å². The van der Waals surface area contributed by atoms with Gasteiger partial charge in [-0.3, -0.25) is 19.9 Å². The van der Waals surface area contributed by atoms with E-state index in [1.54, 1.807) is 36.4 Å². The fourth-order valence-electron chi connectivity index (χ4n) is 2.99. The topological polar surface area (TPSA) is 85.4 Å². The van der Waals surface area contributed by atoms with E-state index < -0.39 is 24.4 Å². The van der Waals surface area contributed by atoms with Gasteiger partial charge in [-0.15, -0.1) is 0 Å². The van der Waals surface area contributed by atoms with Crippen molar-refractivity contribution in [2.75, 3.05) is 6.61 Å². The van der Waals surface area contributed by atoms with E-state index in [0.717, 1.165) is 11.3 Å². The average Bonchev–Trinajstić information content (AvgIpc) is 2.72. The molecule has 0 fully saturated rings. The predicted molar refractivity (Wildman–Crippen MR) is 105 cm³/mol. The van der Waals surface area contributed by atoms with E-state index in [0.29, 0.717) is 28.5 Å². The average molecular weight is 376 g/mol. The van der Waals surface area contributed by atoms with Crippen LogP contribution in [-0.2, 0) is 16.0 Å². The van der Waals surface area contributed by atoms with Crippen LogP contribution >= 0.6 is 0 Å². The summed E-state index contributed by atoms with van der Waals surface area (Å²) in [5.41, 5.74) is 2.97. The van der Waals surface area contributed by atoms with Gasteiger partial charge in [-0.2, -0.15) is 0 Å². The van der Waals surface area contributed by atoms with Gasteiger partial charge in [0, 0.05) is 16.6 Å². The number of hydrogen-bond acceptors (Lipinski definition) is 5. The minimum Gasteiger partial charge on any atom is -0.452 e. The van der Waals surface area contributed by atoms with Gasteiger partial charge in [-0.1, -0.05) is 43.3 Å². The van der Waals surface area contributed by atoms with Crippen LogP contribution in [0.5, 0.6) is 0 Å². The van der Waals surface area contributed by atoms with Crippen LogP contribution in [0.3, 0.4) is 0 Å². The molecule has 0 saturated carbocycles. The highest BCUT2D eigenvalue weighted by Crippen LogP contribution is 2.24. The summed E-state index contributed by atoms with van der Waals surface area (Å²) in [5, 5.41) is 2.88. The fraction of sp³-hybridized carbons (Fsp3) is 0.182. The Bertz CT molecular complexity index is 1050. The summed E-state index contributed by atoms with van der Waals surface area (Å²) in [6.45, 7) is 3.23. The van der Waals surface area contributed by atoms with Crippen LogP contribution in [0.25, 0.3) is 10.9 Å². The number of carbonyl (C=O) groups is 3. The van der Waals surface area contributed by atoms with Crippen molar-refractivity contribution in [3.05, 3.63) is 77.0 Å². The number of carbonyl (C=O) groups excluding carboxylic acids is 3. The number of esters is 1. The summed E-state index contributed by atoms with van der Waals surface area (Å²) in [4.78, 5) is 41.3. The van der Waals surface area contributed by atoms with Gasteiger partial charge in [0.2, 0.25) is 0 Å². The molecule has 1 heterocycles. The summed E-state index contributed by atoms with van der Waals surface area (Å²) in [5.74, 6) is -1.84. The van der Waals surface area contributed by atoms with Crippen molar-refractivity contribution < 1.29 is 19.1 Å². The van der Waals surface area contributed by atoms with Gasteiger partial charge in [0.15, 0.2) is 6.61 Å². The van der Waals surface area contributed by atoms with Crippen LogP contribution < -0.4 is 5.32 Å². The molecule has 0 unspecified atom stereocenters. The van der Waals surface area contributed by atoms with E-state index in [-0.39, 0.29) is 0 Å². The Hall–Kier alpha value is -3.54. The number of para-hydroxylation sites is 1. The Morgan fingerprint density at radius 3 is 2.39 bits per heavy atom. The second-order valence-corrected chi connectivity index (χ2v) is 6.25. The first-order valence-corrected chi connectivity index (χ1v) is 8.95. The van der Waals surface area contributed by atoms with Crippen molar-refractivity contribution in [3.8, 4) is 0 Å². The van der Waals surface area contributed by atoms with Crippen molar-refractivity contribution in [1.29, 1.82) is 0 Å². The molecule has 28 heavy (non-hydrogen) atoms. The highest BCUT2D eigenvalue weighted by Gasteiger charge is 2.20. The number of nitrogens with zero attached hydrogens (tertiary/aromatic N) is 1. The molecule has 6 heteroatoms. The number of fused-ring (bicyclic) bond motifs is 1. The number of rotatable bonds is 5.